The van der Waals surface area contributed by atoms with E-state index in [-0.39, 0.29) is 0 Å². The molecule has 0 amide bonds. The second kappa shape index (κ2) is 11.2. The number of rotatable bonds is 10. The summed E-state index contributed by atoms with van der Waals surface area (Å²) in [6.07, 6.45) is -2.65. The SMILES string of the molecule is O[C@@H]1[C@H](OCc2ccccc2)O[C@@H](COCc2ccccc2)[C@@H]1OCc1ccccc1. The Morgan fingerprint density at radius 2 is 1.13 bits per heavy atom. The third-order valence-electron chi connectivity index (χ3n) is 5.23. The number of aliphatic hydroxyl groups is 1. The Morgan fingerprint density at radius 3 is 1.68 bits per heavy atom. The lowest BCUT2D eigenvalue weighted by Crippen LogP contribution is -2.37. The molecule has 0 unspecified atom stereocenters. The highest BCUT2D eigenvalue weighted by atomic mass is 16.7. The molecule has 1 aliphatic rings. The van der Waals surface area contributed by atoms with E-state index in [0.717, 1.165) is 16.7 Å². The standard InChI is InChI=1S/C26H28O5/c27-24-25(29-17-21-12-6-2-7-13-21)23(19-28-16-20-10-4-1-5-11-20)31-26(24)30-18-22-14-8-3-9-15-22/h1-15,23-27H,16-19H2/t23-,24-,25-,26+/m0/s1. The Hall–Kier alpha value is -2.54. The van der Waals surface area contributed by atoms with Gasteiger partial charge in [0, 0.05) is 0 Å². The van der Waals surface area contributed by atoms with E-state index in [0.29, 0.717) is 26.4 Å². The van der Waals surface area contributed by atoms with Crippen LogP contribution in [0.4, 0.5) is 0 Å². The molecule has 0 aliphatic carbocycles. The molecule has 5 nitrogen and oxygen atoms in total. The fraction of sp³-hybridized carbons (Fsp3) is 0.308. The van der Waals surface area contributed by atoms with E-state index >= 15 is 0 Å². The third kappa shape index (κ3) is 6.23. The molecule has 1 saturated heterocycles. The topological polar surface area (TPSA) is 57.2 Å². The van der Waals surface area contributed by atoms with Gasteiger partial charge in [0.25, 0.3) is 0 Å². The fourth-order valence-electron chi connectivity index (χ4n) is 3.57. The maximum atomic E-state index is 10.9. The number of hydrogen-bond acceptors (Lipinski definition) is 5. The van der Waals surface area contributed by atoms with Gasteiger partial charge in [-0.15, -0.1) is 0 Å². The molecule has 0 radical (unpaired) electrons. The molecule has 0 saturated carbocycles. The van der Waals surface area contributed by atoms with Gasteiger partial charge < -0.3 is 24.1 Å². The van der Waals surface area contributed by atoms with Gasteiger partial charge in [-0.1, -0.05) is 91.0 Å². The van der Waals surface area contributed by atoms with Gasteiger partial charge in [-0.2, -0.15) is 0 Å². The van der Waals surface area contributed by atoms with Crippen LogP contribution in [0.1, 0.15) is 16.7 Å². The molecule has 0 bridgehead atoms. The summed E-state index contributed by atoms with van der Waals surface area (Å²) in [5.41, 5.74) is 3.14. The van der Waals surface area contributed by atoms with E-state index in [2.05, 4.69) is 0 Å². The summed E-state index contributed by atoms with van der Waals surface area (Å²) >= 11 is 0. The van der Waals surface area contributed by atoms with E-state index < -0.39 is 24.6 Å². The minimum Gasteiger partial charge on any atom is -0.385 e. The molecule has 4 atom stereocenters. The number of ether oxygens (including phenoxy) is 4. The van der Waals surface area contributed by atoms with Crippen LogP contribution in [0.25, 0.3) is 0 Å². The van der Waals surface area contributed by atoms with E-state index in [1.165, 1.54) is 0 Å². The Kier molecular flexibility index (Phi) is 7.82. The van der Waals surface area contributed by atoms with Crippen molar-refractivity contribution in [2.45, 2.75) is 44.4 Å². The van der Waals surface area contributed by atoms with Crippen molar-refractivity contribution in [3.05, 3.63) is 108 Å². The van der Waals surface area contributed by atoms with Crippen molar-refractivity contribution in [3.63, 3.8) is 0 Å². The Balaban J connectivity index is 1.36. The summed E-state index contributed by atoms with van der Waals surface area (Å²) in [5, 5.41) is 10.9. The maximum absolute atomic E-state index is 10.9. The van der Waals surface area contributed by atoms with Gasteiger partial charge in [0.05, 0.1) is 26.4 Å². The summed E-state index contributed by atoms with van der Waals surface area (Å²) in [6.45, 7) is 1.51. The molecule has 5 heteroatoms. The summed E-state index contributed by atoms with van der Waals surface area (Å²) in [7, 11) is 0. The lowest BCUT2D eigenvalue weighted by atomic mass is 10.1. The predicted octanol–water partition coefficient (Wildman–Crippen LogP) is 4.09. The van der Waals surface area contributed by atoms with Gasteiger partial charge in [-0.25, -0.2) is 0 Å². The number of aliphatic hydroxyl groups excluding tert-OH is 1. The molecule has 3 aromatic rings. The zero-order valence-electron chi connectivity index (χ0n) is 17.4. The average molecular weight is 421 g/mol. The molecule has 0 spiro atoms. The largest absolute Gasteiger partial charge is 0.385 e. The van der Waals surface area contributed by atoms with Crippen LogP contribution in [0.15, 0.2) is 91.0 Å². The minimum atomic E-state index is -0.905. The van der Waals surface area contributed by atoms with E-state index in [9.17, 15) is 5.11 Å². The zero-order chi connectivity index (χ0) is 21.3. The van der Waals surface area contributed by atoms with Crippen LogP contribution >= 0.6 is 0 Å². The van der Waals surface area contributed by atoms with Crippen molar-refractivity contribution >= 4 is 0 Å². The molecular weight excluding hydrogens is 392 g/mol. The normalized spacial score (nSPS) is 23.1. The summed E-state index contributed by atoms with van der Waals surface area (Å²) < 4.78 is 23.8. The van der Waals surface area contributed by atoms with Crippen molar-refractivity contribution in [2.75, 3.05) is 6.61 Å². The monoisotopic (exact) mass is 420 g/mol. The first kappa shape index (κ1) is 21.7. The molecular formula is C26H28O5. The van der Waals surface area contributed by atoms with Crippen LogP contribution in [-0.4, -0.2) is 36.3 Å². The Morgan fingerprint density at radius 1 is 0.645 bits per heavy atom. The highest BCUT2D eigenvalue weighted by molar-refractivity contribution is 5.15. The van der Waals surface area contributed by atoms with E-state index in [4.69, 9.17) is 18.9 Å². The van der Waals surface area contributed by atoms with Gasteiger partial charge in [0.15, 0.2) is 6.29 Å². The molecule has 3 aromatic carbocycles. The molecule has 31 heavy (non-hydrogen) atoms. The minimum absolute atomic E-state index is 0.302. The first-order valence-corrected chi connectivity index (χ1v) is 10.6. The summed E-state index contributed by atoms with van der Waals surface area (Å²) in [5.74, 6) is 0. The van der Waals surface area contributed by atoms with Crippen LogP contribution in [0.2, 0.25) is 0 Å². The Labute approximate surface area is 183 Å². The smallest absolute Gasteiger partial charge is 0.187 e. The van der Waals surface area contributed by atoms with Crippen molar-refractivity contribution in [1.82, 2.24) is 0 Å². The predicted molar refractivity (Wildman–Crippen MR) is 117 cm³/mol. The molecule has 1 fully saturated rings. The van der Waals surface area contributed by atoms with E-state index in [1.54, 1.807) is 0 Å². The zero-order valence-corrected chi connectivity index (χ0v) is 17.4. The lowest BCUT2D eigenvalue weighted by molar-refractivity contribution is -0.178. The van der Waals surface area contributed by atoms with Crippen LogP contribution < -0.4 is 0 Å². The lowest BCUT2D eigenvalue weighted by Gasteiger charge is -2.21. The maximum Gasteiger partial charge on any atom is 0.187 e. The van der Waals surface area contributed by atoms with Crippen molar-refractivity contribution in [2.24, 2.45) is 0 Å². The van der Waals surface area contributed by atoms with Gasteiger partial charge in [-0.3, -0.25) is 0 Å². The van der Waals surface area contributed by atoms with Crippen molar-refractivity contribution in [3.8, 4) is 0 Å². The van der Waals surface area contributed by atoms with Gasteiger partial charge >= 0.3 is 0 Å². The van der Waals surface area contributed by atoms with Crippen LogP contribution in [0, 0.1) is 0 Å². The van der Waals surface area contributed by atoms with Gasteiger partial charge in [-0.05, 0) is 16.7 Å². The highest BCUT2D eigenvalue weighted by Crippen LogP contribution is 2.27. The first-order chi connectivity index (χ1) is 15.3. The molecule has 0 aromatic heterocycles. The number of hydrogen-bond donors (Lipinski definition) is 1. The quantitative estimate of drug-likeness (QED) is 0.535. The highest BCUT2D eigenvalue weighted by Gasteiger charge is 2.45. The van der Waals surface area contributed by atoms with Crippen LogP contribution in [0.3, 0.4) is 0 Å². The van der Waals surface area contributed by atoms with Crippen LogP contribution in [0.5, 0.6) is 0 Å². The molecule has 1 heterocycles. The third-order valence-corrected chi connectivity index (χ3v) is 5.23. The summed E-state index contributed by atoms with van der Waals surface area (Å²) in [6, 6.07) is 29.7. The van der Waals surface area contributed by atoms with E-state index in [1.807, 2.05) is 91.0 Å². The summed E-state index contributed by atoms with van der Waals surface area (Å²) in [4.78, 5) is 0. The Bertz CT molecular complexity index is 887. The fourth-order valence-corrected chi connectivity index (χ4v) is 3.57. The second-order valence-corrected chi connectivity index (χ2v) is 7.59. The van der Waals surface area contributed by atoms with Gasteiger partial charge in [0.1, 0.15) is 18.3 Å². The van der Waals surface area contributed by atoms with Crippen LogP contribution in [-0.2, 0) is 38.8 Å². The number of benzene rings is 3. The molecule has 4 rings (SSSR count). The van der Waals surface area contributed by atoms with Gasteiger partial charge in [0.2, 0.25) is 0 Å². The molecule has 162 valence electrons. The van der Waals surface area contributed by atoms with Crippen molar-refractivity contribution in [1.29, 1.82) is 0 Å². The first-order valence-electron chi connectivity index (χ1n) is 10.6. The molecule has 1 aliphatic heterocycles. The average Bonchev–Trinajstić information content (AvgIpc) is 3.12. The van der Waals surface area contributed by atoms with Crippen molar-refractivity contribution < 1.29 is 24.1 Å². The second-order valence-electron chi connectivity index (χ2n) is 7.59. The molecule has 1 N–H and O–H groups in total.